The van der Waals surface area contributed by atoms with Crippen LogP contribution in [0.4, 0.5) is 0 Å². The van der Waals surface area contributed by atoms with Gasteiger partial charge in [0.2, 0.25) is 0 Å². The Hall–Kier alpha value is -2.86. The second-order valence-corrected chi connectivity index (χ2v) is 13.2. The summed E-state index contributed by atoms with van der Waals surface area (Å²) < 4.78 is 27.8. The highest BCUT2D eigenvalue weighted by atomic mass is 16.6. The Kier molecular flexibility index (Phi) is 16.5. The smallest absolute Gasteiger partial charge is 0.313 e. The highest BCUT2D eigenvalue weighted by Gasteiger charge is 2.45. The van der Waals surface area contributed by atoms with Crippen LogP contribution in [0.5, 0.6) is 0 Å². The topological polar surface area (TPSA) is 158 Å². The third-order valence-corrected chi connectivity index (χ3v) is 8.72. The highest BCUT2D eigenvalue weighted by Crippen LogP contribution is 2.36. The number of carbonyl (C=O) groups excluding carboxylic acids is 4. The Labute approximate surface area is 279 Å². The Morgan fingerprint density at radius 2 is 1.85 bits per heavy atom. The molecule has 0 spiro atoms. The van der Waals surface area contributed by atoms with E-state index in [1.165, 1.54) is 13.8 Å². The summed E-state index contributed by atoms with van der Waals surface area (Å²) in [5.41, 5.74) is -0.793. The van der Waals surface area contributed by atoms with Crippen molar-refractivity contribution >= 4 is 23.7 Å². The summed E-state index contributed by atoms with van der Waals surface area (Å²) in [6.07, 6.45) is 7.07. The molecule has 0 radical (unpaired) electrons. The summed E-state index contributed by atoms with van der Waals surface area (Å²) in [4.78, 5) is 49.8. The van der Waals surface area contributed by atoms with Gasteiger partial charge < -0.3 is 33.9 Å². The molecule has 266 valence electrons. The van der Waals surface area contributed by atoms with E-state index < -0.39 is 54.0 Å². The average molecular weight is 665 g/mol. The van der Waals surface area contributed by atoms with Crippen molar-refractivity contribution in [2.24, 2.45) is 17.8 Å². The van der Waals surface area contributed by atoms with Crippen LogP contribution in [0.15, 0.2) is 36.0 Å². The predicted molar refractivity (Wildman–Crippen MR) is 175 cm³/mol. The van der Waals surface area contributed by atoms with E-state index in [4.69, 9.17) is 23.7 Å². The molecule has 47 heavy (non-hydrogen) atoms. The lowest BCUT2D eigenvalue weighted by Gasteiger charge is -2.33. The van der Waals surface area contributed by atoms with Crippen molar-refractivity contribution in [3.63, 3.8) is 0 Å². The molecule has 0 saturated carbocycles. The van der Waals surface area contributed by atoms with E-state index in [1.807, 2.05) is 39.8 Å². The fourth-order valence-electron chi connectivity index (χ4n) is 5.71. The van der Waals surface area contributed by atoms with Gasteiger partial charge in [-0.25, -0.2) is 0 Å². The Morgan fingerprint density at radius 1 is 1.15 bits per heavy atom. The van der Waals surface area contributed by atoms with Gasteiger partial charge in [-0.1, -0.05) is 52.0 Å². The van der Waals surface area contributed by atoms with Gasteiger partial charge in [0.25, 0.3) is 0 Å². The van der Waals surface area contributed by atoms with Gasteiger partial charge in [0.15, 0.2) is 5.78 Å². The molecule has 0 aromatic carbocycles. The molecular weight excluding hydrogens is 608 g/mol. The van der Waals surface area contributed by atoms with Gasteiger partial charge in [0.1, 0.15) is 36.9 Å². The normalized spacial score (nSPS) is 31.4. The number of hydrogen-bond acceptors (Lipinski definition) is 11. The number of esters is 3. The van der Waals surface area contributed by atoms with Crippen molar-refractivity contribution in [1.82, 2.24) is 0 Å². The number of cyclic esters (lactones) is 1. The minimum absolute atomic E-state index is 0.0257. The van der Waals surface area contributed by atoms with Crippen molar-refractivity contribution in [3.8, 4) is 0 Å². The second kappa shape index (κ2) is 19.2. The molecule has 10 atom stereocenters. The molecule has 0 amide bonds. The van der Waals surface area contributed by atoms with Crippen molar-refractivity contribution in [3.05, 3.63) is 36.0 Å². The number of carbonyl (C=O) groups is 4. The van der Waals surface area contributed by atoms with Gasteiger partial charge in [0, 0.05) is 25.4 Å². The Balaban J connectivity index is 2.23. The molecule has 2 aliphatic rings. The minimum atomic E-state index is -1.55. The van der Waals surface area contributed by atoms with E-state index in [1.54, 1.807) is 19.1 Å². The number of ether oxygens (including phenoxy) is 5. The Morgan fingerprint density at radius 3 is 2.49 bits per heavy atom. The van der Waals surface area contributed by atoms with Crippen LogP contribution in [0, 0.1) is 17.8 Å². The number of aliphatic hydroxyl groups is 2. The third kappa shape index (κ3) is 14.0. The number of hydrogen-bond donors (Lipinski definition) is 2. The first-order valence-electron chi connectivity index (χ1n) is 16.8. The number of epoxide rings is 1. The first-order valence-corrected chi connectivity index (χ1v) is 16.8. The largest absolute Gasteiger partial charge is 0.461 e. The number of allylic oxidation sites excluding steroid dienone is 3. The molecule has 2 heterocycles. The SMILES string of the molecule is CCOCC(=O)CC(=O)OC1CCC(C)(O)C(OC(C)=O)/C=C/C(C)C(/C(C)=C/C=C/C(C)CC2OC2C(C)C(O)CC)OC(=O)C1. The van der Waals surface area contributed by atoms with Crippen LogP contribution in [-0.2, 0) is 42.9 Å². The fourth-order valence-corrected chi connectivity index (χ4v) is 5.71. The van der Waals surface area contributed by atoms with E-state index in [0.29, 0.717) is 13.0 Å². The van der Waals surface area contributed by atoms with Crippen LogP contribution in [0.3, 0.4) is 0 Å². The lowest BCUT2D eigenvalue weighted by molar-refractivity contribution is -0.161. The molecule has 11 heteroatoms. The molecule has 0 bridgehead atoms. The molecular formula is C36H56O11. The van der Waals surface area contributed by atoms with Crippen LogP contribution in [0.1, 0.15) is 93.9 Å². The van der Waals surface area contributed by atoms with E-state index >= 15 is 0 Å². The molecule has 0 aromatic rings. The van der Waals surface area contributed by atoms with Gasteiger partial charge in [-0.2, -0.15) is 0 Å². The summed E-state index contributed by atoms with van der Waals surface area (Å²) in [5.74, 6) is -2.52. The number of rotatable bonds is 15. The van der Waals surface area contributed by atoms with Crippen molar-refractivity contribution in [1.29, 1.82) is 0 Å². The van der Waals surface area contributed by atoms with Crippen molar-refractivity contribution in [2.45, 2.75) is 136 Å². The fraction of sp³-hybridized carbons (Fsp3) is 0.722. The zero-order valence-electron chi connectivity index (χ0n) is 29.3. The molecule has 0 aromatic heterocycles. The van der Waals surface area contributed by atoms with Gasteiger partial charge in [-0.15, -0.1) is 0 Å². The molecule has 0 aliphatic carbocycles. The maximum Gasteiger partial charge on any atom is 0.313 e. The summed E-state index contributed by atoms with van der Waals surface area (Å²) >= 11 is 0. The summed E-state index contributed by atoms with van der Waals surface area (Å²) in [5, 5.41) is 21.4. The molecule has 1 fully saturated rings. The van der Waals surface area contributed by atoms with Crippen molar-refractivity contribution < 1.29 is 53.1 Å². The average Bonchev–Trinajstić information content (AvgIpc) is 3.76. The van der Waals surface area contributed by atoms with E-state index in [2.05, 4.69) is 13.0 Å². The second-order valence-electron chi connectivity index (χ2n) is 13.2. The maximum atomic E-state index is 13.2. The van der Waals surface area contributed by atoms with Crippen LogP contribution < -0.4 is 0 Å². The lowest BCUT2D eigenvalue weighted by Crippen LogP contribution is -2.42. The lowest BCUT2D eigenvalue weighted by atomic mass is 9.88. The number of Topliss-reactive ketones (excluding diaryl/α,β-unsaturated/α-hetero) is 1. The van der Waals surface area contributed by atoms with Gasteiger partial charge in [-0.3, -0.25) is 19.2 Å². The van der Waals surface area contributed by atoms with Crippen LogP contribution >= 0.6 is 0 Å². The maximum absolute atomic E-state index is 13.2. The van der Waals surface area contributed by atoms with Crippen LogP contribution in [-0.4, -0.2) is 89.3 Å². The van der Waals surface area contributed by atoms with E-state index in [9.17, 15) is 29.4 Å². The summed E-state index contributed by atoms with van der Waals surface area (Å²) in [6, 6.07) is 0. The molecule has 2 rings (SSSR count). The molecule has 2 N–H and O–H groups in total. The van der Waals surface area contributed by atoms with Gasteiger partial charge >= 0.3 is 17.9 Å². The zero-order chi connectivity index (χ0) is 35.3. The summed E-state index contributed by atoms with van der Waals surface area (Å²) in [6.45, 7) is 14.4. The monoisotopic (exact) mass is 664 g/mol. The molecule has 1 saturated heterocycles. The number of ketones is 1. The third-order valence-electron chi connectivity index (χ3n) is 8.72. The first kappa shape index (κ1) is 40.3. The van der Waals surface area contributed by atoms with Crippen LogP contribution in [0.2, 0.25) is 0 Å². The Bertz CT molecular complexity index is 1140. The number of aliphatic hydroxyl groups excluding tert-OH is 1. The highest BCUT2D eigenvalue weighted by molar-refractivity contribution is 5.96. The van der Waals surface area contributed by atoms with Crippen molar-refractivity contribution in [2.75, 3.05) is 13.2 Å². The molecule has 2 aliphatic heterocycles. The van der Waals surface area contributed by atoms with Gasteiger partial charge in [0.05, 0.1) is 24.7 Å². The standard InChI is InChI=1S/C36H56O11/c1-9-29(39)25(6)35-30(46-35)18-22(3)12-11-13-23(4)34-24(5)14-15-31(44-26(7)37)36(8,42)17-16-28(20-33(41)47-34)45-32(40)19-27(38)21-43-10-2/h11-15,22,24-25,28-31,34-35,39,42H,9-10,16-21H2,1-8H3/b12-11+,15-14+,23-13+. The van der Waals surface area contributed by atoms with Gasteiger partial charge in [-0.05, 0) is 64.0 Å². The minimum Gasteiger partial charge on any atom is -0.461 e. The summed E-state index contributed by atoms with van der Waals surface area (Å²) in [7, 11) is 0. The first-order chi connectivity index (χ1) is 22.1. The van der Waals surface area contributed by atoms with Crippen LogP contribution in [0.25, 0.3) is 0 Å². The zero-order valence-corrected chi connectivity index (χ0v) is 29.3. The quantitative estimate of drug-likeness (QED) is 0.0631. The molecule has 10 unspecified atom stereocenters. The van der Waals surface area contributed by atoms with E-state index in [0.717, 1.165) is 12.0 Å². The van der Waals surface area contributed by atoms with E-state index in [-0.39, 0.29) is 61.9 Å². The molecule has 11 nitrogen and oxygen atoms in total. The predicted octanol–water partition coefficient (Wildman–Crippen LogP) is 4.57.